The highest BCUT2D eigenvalue weighted by Crippen LogP contribution is 2.18. The summed E-state index contributed by atoms with van der Waals surface area (Å²) in [5.74, 6) is 0. The molecule has 0 spiro atoms. The molecule has 0 saturated heterocycles. The maximum absolute atomic E-state index is 12.0. The minimum absolute atomic E-state index is 0.174. The first-order chi connectivity index (χ1) is 11.2. The van der Waals surface area contributed by atoms with Gasteiger partial charge < -0.3 is 10.6 Å². The highest BCUT2D eigenvalue weighted by Gasteiger charge is 2.02. The molecule has 0 bridgehead atoms. The lowest BCUT2D eigenvalue weighted by atomic mass is 10.1. The first-order valence-corrected chi connectivity index (χ1v) is 7.80. The molecular formula is C20H20N2O. The highest BCUT2D eigenvalue weighted by molar-refractivity contribution is 5.93. The summed E-state index contributed by atoms with van der Waals surface area (Å²) in [6.07, 6.45) is 0.825. The van der Waals surface area contributed by atoms with Gasteiger partial charge in [0.15, 0.2) is 0 Å². The van der Waals surface area contributed by atoms with E-state index in [0.29, 0.717) is 6.54 Å². The maximum Gasteiger partial charge on any atom is 0.319 e. The zero-order valence-corrected chi connectivity index (χ0v) is 13.2. The number of fused-ring (bicyclic) bond motifs is 1. The summed E-state index contributed by atoms with van der Waals surface area (Å²) >= 11 is 0. The molecule has 0 unspecified atom stereocenters. The molecule has 0 fully saturated rings. The third-order valence-electron chi connectivity index (χ3n) is 3.83. The predicted molar refractivity (Wildman–Crippen MR) is 95.9 cm³/mol. The first kappa shape index (κ1) is 15.1. The van der Waals surface area contributed by atoms with Gasteiger partial charge in [0.05, 0.1) is 0 Å². The molecule has 3 rings (SSSR count). The molecule has 0 radical (unpaired) electrons. The molecule has 3 nitrogen and oxygen atoms in total. The summed E-state index contributed by atoms with van der Waals surface area (Å²) in [5, 5.41) is 8.05. The van der Waals surface area contributed by atoms with E-state index in [2.05, 4.69) is 47.9 Å². The first-order valence-electron chi connectivity index (χ1n) is 7.80. The second-order valence-corrected chi connectivity index (χ2v) is 5.68. The summed E-state index contributed by atoms with van der Waals surface area (Å²) < 4.78 is 0. The number of carbonyl (C=O) groups excluding carboxylic acids is 1. The highest BCUT2D eigenvalue weighted by atomic mass is 16.2. The van der Waals surface area contributed by atoms with E-state index in [0.717, 1.165) is 22.9 Å². The lowest BCUT2D eigenvalue weighted by Gasteiger charge is -2.09. The van der Waals surface area contributed by atoms with E-state index in [9.17, 15) is 4.79 Å². The Bertz CT molecular complexity index is 809. The van der Waals surface area contributed by atoms with Crippen LogP contribution in [0.4, 0.5) is 10.5 Å². The average Bonchev–Trinajstić information content (AvgIpc) is 2.56. The van der Waals surface area contributed by atoms with Crippen LogP contribution in [0.15, 0.2) is 66.7 Å². The van der Waals surface area contributed by atoms with Gasteiger partial charge >= 0.3 is 6.03 Å². The molecule has 0 aromatic heterocycles. The van der Waals surface area contributed by atoms with Gasteiger partial charge in [0.1, 0.15) is 0 Å². The average molecular weight is 304 g/mol. The number of rotatable bonds is 4. The molecule has 3 heteroatoms. The third kappa shape index (κ3) is 4.10. The van der Waals surface area contributed by atoms with Crippen LogP contribution in [-0.4, -0.2) is 12.6 Å². The monoisotopic (exact) mass is 304 g/mol. The summed E-state index contributed by atoms with van der Waals surface area (Å²) in [7, 11) is 0. The quantitative estimate of drug-likeness (QED) is 0.731. The molecule has 2 N–H and O–H groups in total. The molecule has 2 amide bonds. The van der Waals surface area contributed by atoms with E-state index in [1.807, 2.05) is 36.4 Å². The fourth-order valence-electron chi connectivity index (χ4n) is 2.52. The van der Waals surface area contributed by atoms with E-state index >= 15 is 0 Å². The molecule has 0 heterocycles. The molecular weight excluding hydrogens is 284 g/mol. The van der Waals surface area contributed by atoms with E-state index in [-0.39, 0.29) is 6.03 Å². The summed E-state index contributed by atoms with van der Waals surface area (Å²) in [6, 6.07) is 22.2. The van der Waals surface area contributed by atoms with Crippen molar-refractivity contribution < 1.29 is 4.79 Å². The molecule has 0 atom stereocenters. The Labute approximate surface area is 136 Å². The van der Waals surface area contributed by atoms with Crippen molar-refractivity contribution in [3.63, 3.8) is 0 Å². The lowest BCUT2D eigenvalue weighted by Crippen LogP contribution is -2.30. The molecule has 0 aliphatic carbocycles. The van der Waals surface area contributed by atoms with Crippen LogP contribution in [0.25, 0.3) is 10.8 Å². The van der Waals surface area contributed by atoms with Crippen molar-refractivity contribution in [1.29, 1.82) is 0 Å². The van der Waals surface area contributed by atoms with Gasteiger partial charge in [-0.25, -0.2) is 4.79 Å². The smallest absolute Gasteiger partial charge is 0.319 e. The zero-order valence-electron chi connectivity index (χ0n) is 13.2. The van der Waals surface area contributed by atoms with Gasteiger partial charge in [-0.15, -0.1) is 0 Å². The van der Waals surface area contributed by atoms with Crippen LogP contribution in [0, 0.1) is 6.92 Å². The van der Waals surface area contributed by atoms with Gasteiger partial charge in [-0.1, -0.05) is 60.2 Å². The lowest BCUT2D eigenvalue weighted by molar-refractivity contribution is 0.252. The number of aryl methyl sites for hydroxylation is 1. The van der Waals surface area contributed by atoms with Gasteiger partial charge in [0.25, 0.3) is 0 Å². The molecule has 0 aliphatic rings. The van der Waals surface area contributed by atoms with Crippen molar-refractivity contribution in [1.82, 2.24) is 5.32 Å². The van der Waals surface area contributed by atoms with Crippen LogP contribution in [-0.2, 0) is 6.42 Å². The largest absolute Gasteiger partial charge is 0.338 e. The Kier molecular flexibility index (Phi) is 4.57. The van der Waals surface area contributed by atoms with Crippen LogP contribution in [0.2, 0.25) is 0 Å². The number of hydrogen-bond acceptors (Lipinski definition) is 1. The van der Waals surface area contributed by atoms with Crippen molar-refractivity contribution in [2.75, 3.05) is 11.9 Å². The maximum atomic E-state index is 12.0. The van der Waals surface area contributed by atoms with Gasteiger partial charge in [-0.2, -0.15) is 0 Å². The molecule has 3 aromatic carbocycles. The summed E-state index contributed by atoms with van der Waals surface area (Å²) in [4.78, 5) is 12.0. The molecule has 23 heavy (non-hydrogen) atoms. The van der Waals surface area contributed by atoms with Crippen molar-refractivity contribution >= 4 is 22.5 Å². The molecule has 0 aliphatic heterocycles. The van der Waals surface area contributed by atoms with Crippen molar-refractivity contribution in [2.24, 2.45) is 0 Å². The number of anilines is 1. The minimum atomic E-state index is -0.174. The third-order valence-corrected chi connectivity index (χ3v) is 3.83. The van der Waals surface area contributed by atoms with E-state index in [1.54, 1.807) is 0 Å². The van der Waals surface area contributed by atoms with Crippen LogP contribution in [0.5, 0.6) is 0 Å². The summed E-state index contributed by atoms with van der Waals surface area (Å²) in [5.41, 5.74) is 3.27. The Balaban J connectivity index is 1.53. The Morgan fingerprint density at radius 2 is 1.65 bits per heavy atom. The minimum Gasteiger partial charge on any atom is -0.338 e. The van der Waals surface area contributed by atoms with E-state index < -0.39 is 0 Å². The predicted octanol–water partition coefficient (Wildman–Crippen LogP) is 4.51. The van der Waals surface area contributed by atoms with Crippen LogP contribution < -0.4 is 10.6 Å². The normalized spacial score (nSPS) is 10.5. The van der Waals surface area contributed by atoms with E-state index in [1.165, 1.54) is 11.1 Å². The van der Waals surface area contributed by atoms with Crippen LogP contribution >= 0.6 is 0 Å². The number of amides is 2. The zero-order chi connectivity index (χ0) is 16.1. The molecule has 116 valence electrons. The van der Waals surface area contributed by atoms with Crippen LogP contribution in [0.3, 0.4) is 0 Å². The number of nitrogens with one attached hydrogen (secondary N) is 2. The van der Waals surface area contributed by atoms with Gasteiger partial charge in [-0.3, -0.25) is 0 Å². The number of urea groups is 1. The van der Waals surface area contributed by atoms with Crippen LogP contribution in [0.1, 0.15) is 11.1 Å². The van der Waals surface area contributed by atoms with E-state index in [4.69, 9.17) is 0 Å². The Morgan fingerprint density at radius 1 is 0.913 bits per heavy atom. The topological polar surface area (TPSA) is 41.1 Å². The van der Waals surface area contributed by atoms with Crippen molar-refractivity contribution in [2.45, 2.75) is 13.3 Å². The molecule has 0 saturated carbocycles. The Hall–Kier alpha value is -2.81. The second-order valence-electron chi connectivity index (χ2n) is 5.68. The number of carbonyl (C=O) groups is 1. The second kappa shape index (κ2) is 6.97. The van der Waals surface area contributed by atoms with Crippen molar-refractivity contribution in [3.05, 3.63) is 77.9 Å². The fourth-order valence-corrected chi connectivity index (χ4v) is 2.52. The van der Waals surface area contributed by atoms with Gasteiger partial charge in [-0.05, 0) is 41.8 Å². The Morgan fingerprint density at radius 3 is 2.43 bits per heavy atom. The molecule has 3 aromatic rings. The van der Waals surface area contributed by atoms with Crippen molar-refractivity contribution in [3.8, 4) is 0 Å². The number of hydrogen-bond donors (Lipinski definition) is 2. The number of benzene rings is 3. The van der Waals surface area contributed by atoms with Gasteiger partial charge in [0.2, 0.25) is 0 Å². The summed E-state index contributed by atoms with van der Waals surface area (Å²) in [6.45, 7) is 2.68. The van der Waals surface area contributed by atoms with Gasteiger partial charge in [0, 0.05) is 12.2 Å². The SMILES string of the molecule is Cc1ccc(CCNC(=O)Nc2ccc3ccccc3c2)cc1. The fraction of sp³-hybridized carbons (Fsp3) is 0.150. The standard InChI is InChI=1S/C20H20N2O/c1-15-6-8-16(9-7-15)12-13-21-20(23)22-19-11-10-17-4-2-3-5-18(17)14-19/h2-11,14H,12-13H2,1H3,(H2,21,22,23).